The van der Waals surface area contributed by atoms with Crippen LogP contribution in [-0.2, 0) is 11.2 Å². The van der Waals surface area contributed by atoms with Crippen molar-refractivity contribution in [2.75, 3.05) is 17.2 Å². The predicted octanol–water partition coefficient (Wildman–Crippen LogP) is 3.66. The summed E-state index contributed by atoms with van der Waals surface area (Å²) in [7, 11) is 0. The zero-order chi connectivity index (χ0) is 16.7. The van der Waals surface area contributed by atoms with Crippen molar-refractivity contribution in [3.63, 3.8) is 0 Å². The minimum Gasteiger partial charge on any atom is -0.338 e. The first-order chi connectivity index (χ1) is 11.0. The first kappa shape index (κ1) is 16.8. The molecule has 0 aliphatic rings. The van der Waals surface area contributed by atoms with Gasteiger partial charge in [-0.15, -0.1) is 0 Å². The lowest BCUT2D eigenvalue weighted by atomic mass is 10.1. The van der Waals surface area contributed by atoms with E-state index in [2.05, 4.69) is 16.0 Å². The number of rotatable bonds is 5. The molecule has 0 fully saturated rings. The summed E-state index contributed by atoms with van der Waals surface area (Å²) in [4.78, 5) is 23.0. The van der Waals surface area contributed by atoms with Crippen molar-refractivity contribution >= 4 is 34.9 Å². The van der Waals surface area contributed by atoms with Gasteiger partial charge in [0.15, 0.2) is 0 Å². The third-order valence-corrected chi connectivity index (χ3v) is 3.41. The normalized spacial score (nSPS) is 10.0. The van der Waals surface area contributed by atoms with Crippen LogP contribution in [0.5, 0.6) is 0 Å². The van der Waals surface area contributed by atoms with E-state index in [1.165, 1.54) is 6.92 Å². The summed E-state index contributed by atoms with van der Waals surface area (Å²) >= 11 is 6.05. The molecular formula is C17H18ClN3O2. The first-order valence-corrected chi connectivity index (χ1v) is 7.58. The summed E-state index contributed by atoms with van der Waals surface area (Å²) in [5.74, 6) is -0.189. The van der Waals surface area contributed by atoms with Gasteiger partial charge in [-0.05, 0) is 30.2 Å². The largest absolute Gasteiger partial charge is 0.338 e. The molecule has 2 aromatic rings. The van der Waals surface area contributed by atoms with E-state index < -0.39 is 0 Å². The van der Waals surface area contributed by atoms with Crippen molar-refractivity contribution in [1.82, 2.24) is 5.32 Å². The third-order valence-electron chi connectivity index (χ3n) is 3.08. The molecule has 0 aliphatic heterocycles. The van der Waals surface area contributed by atoms with Crippen LogP contribution in [0.25, 0.3) is 0 Å². The van der Waals surface area contributed by atoms with E-state index in [0.717, 1.165) is 12.0 Å². The summed E-state index contributed by atoms with van der Waals surface area (Å²) in [6.45, 7) is 1.93. The van der Waals surface area contributed by atoms with E-state index in [1.807, 2.05) is 30.3 Å². The number of benzene rings is 2. The monoisotopic (exact) mass is 331 g/mol. The molecule has 0 bridgehead atoms. The number of nitrogens with one attached hydrogen (secondary N) is 3. The zero-order valence-electron chi connectivity index (χ0n) is 12.7. The molecule has 0 unspecified atom stereocenters. The molecule has 0 saturated carbocycles. The van der Waals surface area contributed by atoms with Crippen molar-refractivity contribution in [1.29, 1.82) is 0 Å². The summed E-state index contributed by atoms with van der Waals surface area (Å²) in [5, 5.41) is 8.49. The molecule has 0 atom stereocenters. The summed E-state index contributed by atoms with van der Waals surface area (Å²) in [5.41, 5.74) is 2.16. The average Bonchev–Trinajstić information content (AvgIpc) is 2.51. The Kier molecular flexibility index (Phi) is 6.00. The molecule has 3 N–H and O–H groups in total. The van der Waals surface area contributed by atoms with Crippen molar-refractivity contribution in [2.24, 2.45) is 0 Å². The Labute approximate surface area is 140 Å². The number of halogens is 1. The standard InChI is InChI=1S/C17H18ClN3O2/c1-12(22)20-14-7-8-15(18)16(11-14)21-17(23)19-10-9-13-5-3-2-4-6-13/h2-8,11H,9-10H2,1H3,(H,20,22)(H2,19,21,23). The molecule has 3 amide bonds. The number of amides is 3. The Bertz CT molecular complexity index is 689. The highest BCUT2D eigenvalue weighted by Gasteiger charge is 2.07. The van der Waals surface area contributed by atoms with Gasteiger partial charge in [-0.2, -0.15) is 0 Å². The fourth-order valence-corrected chi connectivity index (χ4v) is 2.20. The fourth-order valence-electron chi connectivity index (χ4n) is 2.03. The molecule has 2 rings (SSSR count). The van der Waals surface area contributed by atoms with Crippen LogP contribution in [0.4, 0.5) is 16.2 Å². The Morgan fingerprint density at radius 2 is 1.78 bits per heavy atom. The topological polar surface area (TPSA) is 70.2 Å². The minimum absolute atomic E-state index is 0.189. The zero-order valence-corrected chi connectivity index (χ0v) is 13.5. The van der Waals surface area contributed by atoms with Crippen LogP contribution < -0.4 is 16.0 Å². The van der Waals surface area contributed by atoms with Gasteiger partial charge in [0, 0.05) is 19.2 Å². The molecule has 5 nitrogen and oxygen atoms in total. The van der Waals surface area contributed by atoms with Crippen molar-refractivity contribution in [3.05, 3.63) is 59.1 Å². The van der Waals surface area contributed by atoms with Gasteiger partial charge in [0.05, 0.1) is 10.7 Å². The molecular weight excluding hydrogens is 314 g/mol. The maximum Gasteiger partial charge on any atom is 0.319 e. The van der Waals surface area contributed by atoms with Gasteiger partial charge in [-0.3, -0.25) is 4.79 Å². The molecule has 0 aromatic heterocycles. The average molecular weight is 332 g/mol. The SMILES string of the molecule is CC(=O)Nc1ccc(Cl)c(NC(=O)NCCc2ccccc2)c1. The van der Waals surface area contributed by atoms with Crippen molar-refractivity contribution < 1.29 is 9.59 Å². The molecule has 0 aliphatic carbocycles. The summed E-state index contributed by atoms with van der Waals surface area (Å²) < 4.78 is 0. The Morgan fingerprint density at radius 3 is 2.48 bits per heavy atom. The fraction of sp³-hybridized carbons (Fsp3) is 0.176. The Balaban J connectivity index is 1.88. The third kappa shape index (κ3) is 5.64. The van der Waals surface area contributed by atoms with Crippen LogP contribution >= 0.6 is 11.6 Å². The minimum atomic E-state index is -0.345. The second-order valence-electron chi connectivity index (χ2n) is 4.99. The number of carbonyl (C=O) groups excluding carboxylic acids is 2. The lowest BCUT2D eigenvalue weighted by Crippen LogP contribution is -2.30. The number of hydrogen-bond donors (Lipinski definition) is 3. The van der Waals surface area contributed by atoms with Crippen LogP contribution in [0.1, 0.15) is 12.5 Å². The molecule has 2 aromatic carbocycles. The first-order valence-electron chi connectivity index (χ1n) is 7.20. The van der Waals surface area contributed by atoms with Gasteiger partial charge in [0.2, 0.25) is 5.91 Å². The van der Waals surface area contributed by atoms with E-state index >= 15 is 0 Å². The molecule has 23 heavy (non-hydrogen) atoms. The number of carbonyl (C=O) groups is 2. The van der Waals surface area contributed by atoms with Crippen LogP contribution in [0.15, 0.2) is 48.5 Å². The van der Waals surface area contributed by atoms with E-state index in [1.54, 1.807) is 18.2 Å². The molecule has 0 radical (unpaired) electrons. The van der Waals surface area contributed by atoms with Crippen LogP contribution in [0.3, 0.4) is 0 Å². The van der Waals surface area contributed by atoms with Crippen LogP contribution in [0, 0.1) is 0 Å². The van der Waals surface area contributed by atoms with E-state index in [0.29, 0.717) is 22.9 Å². The van der Waals surface area contributed by atoms with Gasteiger partial charge >= 0.3 is 6.03 Å². The molecule has 120 valence electrons. The van der Waals surface area contributed by atoms with E-state index in [-0.39, 0.29) is 11.9 Å². The Morgan fingerprint density at radius 1 is 1.04 bits per heavy atom. The van der Waals surface area contributed by atoms with Crippen LogP contribution in [0.2, 0.25) is 5.02 Å². The van der Waals surface area contributed by atoms with E-state index in [9.17, 15) is 9.59 Å². The molecule has 0 heterocycles. The summed E-state index contributed by atoms with van der Waals surface area (Å²) in [6, 6.07) is 14.4. The summed E-state index contributed by atoms with van der Waals surface area (Å²) in [6.07, 6.45) is 0.744. The maximum absolute atomic E-state index is 11.9. The highest BCUT2D eigenvalue weighted by Crippen LogP contribution is 2.25. The second kappa shape index (κ2) is 8.19. The highest BCUT2D eigenvalue weighted by atomic mass is 35.5. The predicted molar refractivity (Wildman–Crippen MR) is 92.9 cm³/mol. The van der Waals surface area contributed by atoms with Gasteiger partial charge in [0.1, 0.15) is 0 Å². The van der Waals surface area contributed by atoms with Crippen molar-refractivity contribution in [3.8, 4) is 0 Å². The Hall–Kier alpha value is -2.53. The maximum atomic E-state index is 11.9. The highest BCUT2D eigenvalue weighted by molar-refractivity contribution is 6.33. The number of urea groups is 1. The lowest BCUT2D eigenvalue weighted by Gasteiger charge is -2.11. The van der Waals surface area contributed by atoms with Crippen molar-refractivity contribution in [2.45, 2.75) is 13.3 Å². The number of anilines is 2. The van der Waals surface area contributed by atoms with Gasteiger partial charge in [-0.25, -0.2) is 4.79 Å². The smallest absolute Gasteiger partial charge is 0.319 e. The van der Waals surface area contributed by atoms with Gasteiger partial charge in [-0.1, -0.05) is 41.9 Å². The molecule has 0 spiro atoms. The van der Waals surface area contributed by atoms with Crippen LogP contribution in [-0.4, -0.2) is 18.5 Å². The van der Waals surface area contributed by atoms with Gasteiger partial charge < -0.3 is 16.0 Å². The second-order valence-corrected chi connectivity index (χ2v) is 5.40. The van der Waals surface area contributed by atoms with Gasteiger partial charge in [0.25, 0.3) is 0 Å². The quantitative estimate of drug-likeness (QED) is 0.782. The lowest BCUT2D eigenvalue weighted by molar-refractivity contribution is -0.114. The number of hydrogen-bond acceptors (Lipinski definition) is 2. The molecule has 0 saturated heterocycles. The van der Waals surface area contributed by atoms with E-state index in [4.69, 9.17) is 11.6 Å². The molecule has 6 heteroatoms.